The maximum atomic E-state index is 12.9. The van der Waals surface area contributed by atoms with E-state index in [1.54, 1.807) is 6.92 Å². The van der Waals surface area contributed by atoms with Crippen molar-refractivity contribution in [1.82, 2.24) is 0 Å². The Bertz CT molecular complexity index is 1070. The number of likely N-dealkylation sites (tertiary alicyclic amines) is 1. The second kappa shape index (κ2) is 11.3. The number of esters is 1. The number of carbonyl (C=O) groups is 2. The lowest BCUT2D eigenvalue weighted by Crippen LogP contribution is -3.12. The van der Waals surface area contributed by atoms with Crippen LogP contribution in [0, 0.1) is 0 Å². The van der Waals surface area contributed by atoms with Crippen LogP contribution in [0.3, 0.4) is 0 Å². The van der Waals surface area contributed by atoms with E-state index < -0.39 is 5.97 Å². The van der Waals surface area contributed by atoms with Gasteiger partial charge in [0.15, 0.2) is 6.54 Å². The summed E-state index contributed by atoms with van der Waals surface area (Å²) in [6.45, 7) is 4.57. The zero-order valence-electron chi connectivity index (χ0n) is 19.1. The number of anilines is 1. The maximum Gasteiger partial charge on any atom is 0.341 e. The predicted octanol–water partition coefficient (Wildman–Crippen LogP) is 4.66. The molecular weight excluding hydrogens is 432 g/mol. The first-order valence-corrected chi connectivity index (χ1v) is 12.6. The average molecular weight is 464 g/mol. The van der Waals surface area contributed by atoms with Crippen LogP contribution in [0.25, 0.3) is 22.3 Å². The lowest BCUT2D eigenvalue weighted by Gasteiger charge is -2.16. The molecule has 5 nitrogen and oxygen atoms in total. The van der Waals surface area contributed by atoms with Crippen LogP contribution in [0.1, 0.15) is 43.0 Å². The van der Waals surface area contributed by atoms with E-state index in [0.717, 1.165) is 35.3 Å². The van der Waals surface area contributed by atoms with E-state index in [2.05, 4.69) is 29.6 Å². The Morgan fingerprint density at radius 3 is 2.21 bits per heavy atom. The summed E-state index contributed by atoms with van der Waals surface area (Å²) in [5, 5.41) is 5.50. The third-order valence-electron chi connectivity index (χ3n) is 6.05. The molecule has 1 fully saturated rings. The molecule has 33 heavy (non-hydrogen) atoms. The van der Waals surface area contributed by atoms with Crippen molar-refractivity contribution < 1.29 is 19.2 Å². The molecule has 172 valence electrons. The second-order valence-corrected chi connectivity index (χ2v) is 9.29. The molecule has 2 N–H and O–H groups in total. The van der Waals surface area contributed by atoms with Gasteiger partial charge >= 0.3 is 5.97 Å². The molecule has 0 atom stereocenters. The number of hydrogen-bond donors (Lipinski definition) is 2. The summed E-state index contributed by atoms with van der Waals surface area (Å²) in [5.41, 5.74) is 4.40. The molecule has 0 unspecified atom stereocenters. The van der Waals surface area contributed by atoms with E-state index in [1.165, 1.54) is 41.9 Å². The number of thiophene rings is 1. The quantitative estimate of drug-likeness (QED) is 0.501. The number of hydrogen-bond acceptors (Lipinski definition) is 4. The fourth-order valence-corrected chi connectivity index (χ4v) is 5.32. The van der Waals surface area contributed by atoms with Gasteiger partial charge in [-0.1, -0.05) is 54.6 Å². The van der Waals surface area contributed by atoms with Crippen molar-refractivity contribution in [2.45, 2.75) is 32.6 Å². The molecule has 1 aliphatic rings. The molecule has 2 aromatic carbocycles. The minimum absolute atomic E-state index is 0.0507. The molecule has 1 aromatic heterocycles. The zero-order chi connectivity index (χ0) is 23.0. The van der Waals surface area contributed by atoms with Gasteiger partial charge in [-0.25, -0.2) is 4.79 Å². The molecular formula is C27H31N2O3S+. The van der Waals surface area contributed by atoms with Gasteiger partial charge in [-0.2, -0.15) is 0 Å². The first kappa shape index (κ1) is 23.2. The standard InChI is InChI=1S/C27H30N2O3S/c1-2-32-27(31)25-23(22-14-12-21(13-15-22)20-10-6-5-7-11-20)19-33-26(25)28-24(30)18-29-16-8-3-4-9-17-29/h5-7,10-15,19H,2-4,8-9,16-18H2,1H3,(H,28,30)/p+1. The van der Waals surface area contributed by atoms with Gasteiger partial charge in [0, 0.05) is 10.9 Å². The van der Waals surface area contributed by atoms with Crippen LogP contribution in [0.15, 0.2) is 60.0 Å². The minimum Gasteiger partial charge on any atom is -0.462 e. The van der Waals surface area contributed by atoms with Crippen LogP contribution in [0.2, 0.25) is 0 Å². The molecule has 1 aliphatic heterocycles. The van der Waals surface area contributed by atoms with Gasteiger partial charge in [0.2, 0.25) is 0 Å². The van der Waals surface area contributed by atoms with Crippen molar-refractivity contribution in [3.63, 3.8) is 0 Å². The van der Waals surface area contributed by atoms with E-state index in [4.69, 9.17) is 4.74 Å². The largest absolute Gasteiger partial charge is 0.462 e. The number of quaternary nitrogens is 1. The van der Waals surface area contributed by atoms with Gasteiger partial charge in [-0.05, 0) is 49.3 Å². The van der Waals surface area contributed by atoms with Gasteiger partial charge in [-0.3, -0.25) is 4.79 Å². The number of carbonyl (C=O) groups excluding carboxylic acids is 2. The molecule has 1 saturated heterocycles. The van der Waals surface area contributed by atoms with Crippen LogP contribution in [-0.2, 0) is 9.53 Å². The highest BCUT2D eigenvalue weighted by Gasteiger charge is 2.24. The topological polar surface area (TPSA) is 59.8 Å². The zero-order valence-corrected chi connectivity index (χ0v) is 19.9. The van der Waals surface area contributed by atoms with E-state index in [9.17, 15) is 9.59 Å². The van der Waals surface area contributed by atoms with Crippen LogP contribution >= 0.6 is 11.3 Å². The normalized spacial score (nSPS) is 14.5. The van der Waals surface area contributed by atoms with Gasteiger partial charge < -0.3 is 15.0 Å². The Hall–Kier alpha value is -2.96. The average Bonchev–Trinajstić information content (AvgIpc) is 3.07. The van der Waals surface area contributed by atoms with E-state index in [-0.39, 0.29) is 12.5 Å². The molecule has 1 amide bonds. The number of nitrogens with one attached hydrogen (secondary N) is 2. The van der Waals surface area contributed by atoms with E-state index >= 15 is 0 Å². The second-order valence-electron chi connectivity index (χ2n) is 8.41. The molecule has 0 aliphatic carbocycles. The molecule has 0 spiro atoms. The number of benzene rings is 2. The number of rotatable bonds is 7. The van der Waals surface area contributed by atoms with Crippen molar-refractivity contribution in [2.24, 2.45) is 0 Å². The monoisotopic (exact) mass is 463 g/mol. The third kappa shape index (κ3) is 5.89. The summed E-state index contributed by atoms with van der Waals surface area (Å²) >= 11 is 1.38. The first-order chi connectivity index (χ1) is 16.2. The van der Waals surface area contributed by atoms with Crippen LogP contribution in [0.4, 0.5) is 5.00 Å². The summed E-state index contributed by atoms with van der Waals surface area (Å²) in [5.74, 6) is -0.455. The van der Waals surface area contributed by atoms with Crippen molar-refractivity contribution in [3.8, 4) is 22.3 Å². The van der Waals surface area contributed by atoms with Gasteiger partial charge in [0.1, 0.15) is 10.6 Å². The maximum absolute atomic E-state index is 12.9. The van der Waals surface area contributed by atoms with Gasteiger partial charge in [-0.15, -0.1) is 11.3 Å². The molecule has 0 radical (unpaired) electrons. The van der Waals surface area contributed by atoms with Crippen molar-refractivity contribution in [1.29, 1.82) is 0 Å². The minimum atomic E-state index is -0.404. The first-order valence-electron chi connectivity index (χ1n) is 11.7. The fraction of sp³-hybridized carbons (Fsp3) is 0.333. The van der Waals surface area contributed by atoms with E-state index in [1.807, 2.05) is 35.7 Å². The SMILES string of the molecule is CCOC(=O)c1c(-c2ccc(-c3ccccc3)cc2)csc1NC(=O)C[NH+]1CCCCCC1. The lowest BCUT2D eigenvalue weighted by molar-refractivity contribution is -0.890. The third-order valence-corrected chi connectivity index (χ3v) is 6.94. The fourth-order valence-electron chi connectivity index (χ4n) is 4.34. The van der Waals surface area contributed by atoms with Crippen molar-refractivity contribution in [3.05, 3.63) is 65.5 Å². The van der Waals surface area contributed by atoms with Crippen LogP contribution in [-0.4, -0.2) is 38.1 Å². The van der Waals surface area contributed by atoms with E-state index in [0.29, 0.717) is 17.1 Å². The molecule has 4 rings (SSSR count). The Kier molecular flexibility index (Phi) is 7.92. The Balaban J connectivity index is 1.56. The lowest BCUT2D eigenvalue weighted by atomic mass is 9.99. The Morgan fingerprint density at radius 1 is 0.909 bits per heavy atom. The summed E-state index contributed by atoms with van der Waals surface area (Å²) < 4.78 is 5.34. The Morgan fingerprint density at radius 2 is 1.55 bits per heavy atom. The smallest absolute Gasteiger partial charge is 0.341 e. The summed E-state index contributed by atoms with van der Waals surface area (Å²) in [7, 11) is 0. The van der Waals surface area contributed by atoms with Gasteiger partial charge in [0.25, 0.3) is 5.91 Å². The molecule has 3 aromatic rings. The predicted molar refractivity (Wildman–Crippen MR) is 134 cm³/mol. The highest BCUT2D eigenvalue weighted by Crippen LogP contribution is 2.37. The molecule has 0 bridgehead atoms. The summed E-state index contributed by atoms with van der Waals surface area (Å²) in [6.07, 6.45) is 4.82. The molecule has 2 heterocycles. The number of ether oxygens (including phenoxy) is 1. The van der Waals surface area contributed by atoms with Crippen molar-refractivity contribution in [2.75, 3.05) is 31.6 Å². The summed E-state index contributed by atoms with van der Waals surface area (Å²) in [6, 6.07) is 18.3. The van der Waals surface area contributed by atoms with Crippen molar-refractivity contribution >= 4 is 28.2 Å². The molecule has 0 saturated carbocycles. The highest BCUT2D eigenvalue weighted by molar-refractivity contribution is 7.15. The van der Waals surface area contributed by atoms with Crippen LogP contribution in [0.5, 0.6) is 0 Å². The molecule has 6 heteroatoms. The summed E-state index contributed by atoms with van der Waals surface area (Å²) in [4.78, 5) is 27.0. The Labute approximate surface area is 199 Å². The van der Waals surface area contributed by atoms with Crippen LogP contribution < -0.4 is 10.2 Å². The highest BCUT2D eigenvalue weighted by atomic mass is 32.1. The van der Waals surface area contributed by atoms with Gasteiger partial charge in [0.05, 0.1) is 19.7 Å². The number of amides is 1.